The van der Waals surface area contributed by atoms with Crippen LogP contribution >= 0.6 is 0 Å². The van der Waals surface area contributed by atoms with Crippen LogP contribution in [0, 0.1) is 16.2 Å². The minimum absolute atomic E-state index is 0. The van der Waals surface area contributed by atoms with Crippen LogP contribution in [0.2, 0.25) is 0 Å². The second-order valence-electron chi connectivity index (χ2n) is 8.52. The molecule has 124 valence electrons. The molecular weight excluding hydrogens is 291 g/mol. The van der Waals surface area contributed by atoms with Crippen molar-refractivity contribution in [2.24, 2.45) is 16.2 Å². The molecule has 2 N–H and O–H groups in total. The molecule has 0 aromatic rings. The third-order valence-corrected chi connectivity index (χ3v) is 3.88. The summed E-state index contributed by atoms with van der Waals surface area (Å²) < 4.78 is 0. The summed E-state index contributed by atoms with van der Waals surface area (Å²) in [6, 6.07) is 0. The summed E-state index contributed by atoms with van der Waals surface area (Å²) in [4.78, 5) is 23.2. The van der Waals surface area contributed by atoms with Crippen molar-refractivity contribution < 1.29 is 49.4 Å². The number of carboxylic acid groups (broad SMARTS) is 2. The van der Waals surface area contributed by atoms with Crippen LogP contribution in [0.3, 0.4) is 0 Å². The average Bonchev–Trinajstić information content (AvgIpc) is 2.22. The van der Waals surface area contributed by atoms with Crippen molar-refractivity contribution in [3.05, 3.63) is 0 Å². The van der Waals surface area contributed by atoms with Gasteiger partial charge in [-0.15, -0.1) is 0 Å². The van der Waals surface area contributed by atoms with E-state index in [2.05, 4.69) is 41.5 Å². The number of aliphatic carboxylic acids is 2. The van der Waals surface area contributed by atoms with E-state index >= 15 is 0 Å². The predicted octanol–water partition coefficient (Wildman–Crippen LogP) is 1.58. The average molecular weight is 323 g/mol. The number of rotatable bonds is 8. The van der Waals surface area contributed by atoms with Crippen LogP contribution in [-0.4, -0.2) is 22.2 Å². The van der Waals surface area contributed by atoms with Crippen LogP contribution < -0.4 is 29.6 Å². The van der Waals surface area contributed by atoms with E-state index in [-0.39, 0.29) is 53.2 Å². The van der Waals surface area contributed by atoms with Crippen molar-refractivity contribution in [2.45, 2.75) is 80.1 Å². The first-order chi connectivity index (χ1) is 9.30. The normalized spacial score (nSPS) is 12.6. The van der Waals surface area contributed by atoms with Crippen molar-refractivity contribution in [3.63, 3.8) is 0 Å². The maximum absolute atomic E-state index is 11.6. The first kappa shape index (κ1) is 24.2. The summed E-state index contributed by atoms with van der Waals surface area (Å²) in [7, 11) is 0. The van der Waals surface area contributed by atoms with Gasteiger partial charge in [0.15, 0.2) is 5.41 Å². The van der Waals surface area contributed by atoms with E-state index in [4.69, 9.17) is 0 Å². The van der Waals surface area contributed by atoms with Gasteiger partial charge in [-0.05, 0) is 36.5 Å². The summed E-state index contributed by atoms with van der Waals surface area (Å²) in [5.74, 6) is -2.39. The quantitative estimate of drug-likeness (QED) is 0.525. The standard InChI is InChI=1S/C17H32O4.Na/c1-15(2,3)9-7-11-17(13(18)19,14(20)21)12-8-10-16(4,5)6;/h7-12H2,1-6H3,(H,18,19)(H,20,21);/q;+1. The molecule has 0 rings (SSSR count). The molecule has 0 amide bonds. The summed E-state index contributed by atoms with van der Waals surface area (Å²) in [6.45, 7) is 12.5. The molecule has 0 saturated carbocycles. The van der Waals surface area contributed by atoms with Crippen LogP contribution in [0.4, 0.5) is 0 Å². The van der Waals surface area contributed by atoms with E-state index in [9.17, 15) is 19.8 Å². The van der Waals surface area contributed by atoms with Gasteiger partial charge < -0.3 is 10.2 Å². The third-order valence-electron chi connectivity index (χ3n) is 3.88. The van der Waals surface area contributed by atoms with Gasteiger partial charge in [0.25, 0.3) is 0 Å². The van der Waals surface area contributed by atoms with Crippen LogP contribution in [0.15, 0.2) is 0 Å². The Balaban J connectivity index is 0. The maximum Gasteiger partial charge on any atom is 1.00 e. The van der Waals surface area contributed by atoms with Gasteiger partial charge in [0.2, 0.25) is 0 Å². The van der Waals surface area contributed by atoms with Gasteiger partial charge >= 0.3 is 41.5 Å². The zero-order chi connectivity index (χ0) is 16.9. The molecule has 0 aliphatic rings. The molecule has 22 heavy (non-hydrogen) atoms. The Morgan fingerprint density at radius 3 is 1.14 bits per heavy atom. The van der Waals surface area contributed by atoms with Crippen molar-refractivity contribution in [1.82, 2.24) is 0 Å². The Labute approximate surface area is 157 Å². The Morgan fingerprint density at radius 2 is 0.955 bits per heavy atom. The van der Waals surface area contributed by atoms with Crippen LogP contribution in [-0.2, 0) is 9.59 Å². The zero-order valence-corrected chi connectivity index (χ0v) is 17.5. The molecule has 0 radical (unpaired) electrons. The molecule has 0 bridgehead atoms. The van der Waals surface area contributed by atoms with Crippen LogP contribution in [0.1, 0.15) is 80.1 Å². The summed E-state index contributed by atoms with van der Waals surface area (Å²) in [6.07, 6.45) is 3.32. The van der Waals surface area contributed by atoms with Crippen LogP contribution in [0.25, 0.3) is 0 Å². The third kappa shape index (κ3) is 9.16. The second kappa shape index (κ2) is 9.29. The molecule has 4 nitrogen and oxygen atoms in total. The van der Waals surface area contributed by atoms with E-state index < -0.39 is 17.4 Å². The van der Waals surface area contributed by atoms with Crippen molar-refractivity contribution in [3.8, 4) is 0 Å². The fourth-order valence-corrected chi connectivity index (χ4v) is 2.49. The molecule has 0 fully saturated rings. The van der Waals surface area contributed by atoms with Gasteiger partial charge in [0, 0.05) is 0 Å². The largest absolute Gasteiger partial charge is 1.00 e. The van der Waals surface area contributed by atoms with Crippen LogP contribution in [0.5, 0.6) is 0 Å². The predicted molar refractivity (Wildman–Crippen MR) is 84.3 cm³/mol. The fourth-order valence-electron chi connectivity index (χ4n) is 2.49. The first-order valence-corrected chi connectivity index (χ1v) is 7.77. The molecule has 0 aliphatic carbocycles. The van der Waals surface area contributed by atoms with Crippen molar-refractivity contribution in [1.29, 1.82) is 0 Å². The van der Waals surface area contributed by atoms with Gasteiger partial charge in [-0.1, -0.05) is 54.4 Å². The molecule has 0 unspecified atom stereocenters. The number of carboxylic acids is 2. The van der Waals surface area contributed by atoms with E-state index in [1.54, 1.807) is 0 Å². The Kier molecular flexibility index (Phi) is 10.2. The molecule has 0 atom stereocenters. The molecule has 5 heteroatoms. The minimum atomic E-state index is -1.63. The summed E-state index contributed by atoms with van der Waals surface area (Å²) in [5, 5.41) is 18.9. The van der Waals surface area contributed by atoms with Crippen molar-refractivity contribution in [2.75, 3.05) is 0 Å². The Morgan fingerprint density at radius 1 is 0.682 bits per heavy atom. The van der Waals surface area contributed by atoms with E-state index in [0.29, 0.717) is 12.8 Å². The molecule has 0 saturated heterocycles. The number of hydrogen-bond acceptors (Lipinski definition) is 2. The van der Waals surface area contributed by atoms with Gasteiger partial charge in [-0.3, -0.25) is 9.59 Å². The molecule has 0 aromatic heterocycles. The minimum Gasteiger partial charge on any atom is -0.480 e. The molecular formula is C17H32NaO4+. The van der Waals surface area contributed by atoms with E-state index in [1.165, 1.54) is 0 Å². The van der Waals surface area contributed by atoms with Gasteiger partial charge in [0.05, 0.1) is 0 Å². The smallest absolute Gasteiger partial charge is 0.480 e. The number of carbonyl (C=O) groups is 2. The summed E-state index contributed by atoms with van der Waals surface area (Å²) >= 11 is 0. The van der Waals surface area contributed by atoms with Gasteiger partial charge in [0.1, 0.15) is 0 Å². The zero-order valence-electron chi connectivity index (χ0n) is 15.5. The monoisotopic (exact) mass is 323 g/mol. The Bertz CT molecular complexity index is 328. The van der Waals surface area contributed by atoms with Gasteiger partial charge in [-0.25, -0.2) is 0 Å². The van der Waals surface area contributed by atoms with Gasteiger partial charge in [-0.2, -0.15) is 0 Å². The second-order valence-corrected chi connectivity index (χ2v) is 8.52. The molecule has 0 heterocycles. The first-order valence-electron chi connectivity index (χ1n) is 7.77. The fraction of sp³-hybridized carbons (Fsp3) is 0.882. The molecule has 0 aliphatic heterocycles. The maximum atomic E-state index is 11.6. The molecule has 0 spiro atoms. The topological polar surface area (TPSA) is 74.6 Å². The van der Waals surface area contributed by atoms with E-state index in [0.717, 1.165) is 12.8 Å². The SMILES string of the molecule is CC(C)(C)CCCC(CCCC(C)(C)C)(C(=O)O)C(=O)O.[Na+]. The number of hydrogen-bond donors (Lipinski definition) is 2. The summed E-state index contributed by atoms with van der Waals surface area (Å²) in [5.41, 5.74) is -1.45. The molecule has 0 aromatic carbocycles. The Hall–Kier alpha value is -0.0600. The van der Waals surface area contributed by atoms with E-state index in [1.807, 2.05) is 0 Å². The van der Waals surface area contributed by atoms with Crippen molar-refractivity contribution >= 4 is 11.9 Å².